The fourth-order valence-corrected chi connectivity index (χ4v) is 2.96. The zero-order valence-corrected chi connectivity index (χ0v) is 13.7. The van der Waals surface area contributed by atoms with Gasteiger partial charge in [-0.1, -0.05) is 18.6 Å². The van der Waals surface area contributed by atoms with Gasteiger partial charge in [0.05, 0.1) is 12.5 Å². The normalized spacial score (nSPS) is 22.2. The number of halogens is 3. The maximum atomic E-state index is 12.9. The molecule has 4 nitrogen and oxygen atoms in total. The molecule has 0 aliphatic heterocycles. The van der Waals surface area contributed by atoms with Gasteiger partial charge in [-0.3, -0.25) is 0 Å². The molecular formula is C17H24F3N3O. The lowest BCUT2D eigenvalue weighted by molar-refractivity contribution is -0.183. The van der Waals surface area contributed by atoms with E-state index in [0.717, 1.165) is 5.56 Å². The minimum atomic E-state index is -4.13. The summed E-state index contributed by atoms with van der Waals surface area (Å²) in [5.41, 5.74) is 0.837. The lowest BCUT2D eigenvalue weighted by atomic mass is 9.85. The minimum Gasteiger partial charge on any atom is -0.508 e. The Morgan fingerprint density at radius 1 is 1.33 bits per heavy atom. The monoisotopic (exact) mass is 343 g/mol. The van der Waals surface area contributed by atoms with Crippen LogP contribution in [-0.4, -0.2) is 29.8 Å². The SMILES string of the molecule is CCNC(=NCc1cccc(O)c1)NC1CCCC(C(F)(F)F)C1. The van der Waals surface area contributed by atoms with Crippen LogP contribution in [0.25, 0.3) is 0 Å². The number of benzene rings is 1. The highest BCUT2D eigenvalue weighted by molar-refractivity contribution is 5.80. The molecule has 2 rings (SSSR count). The van der Waals surface area contributed by atoms with Crippen molar-refractivity contribution >= 4 is 5.96 Å². The predicted octanol–water partition coefficient (Wildman–Crippen LogP) is 3.57. The van der Waals surface area contributed by atoms with Crippen LogP contribution in [0.15, 0.2) is 29.3 Å². The Kier molecular flexibility index (Phi) is 6.34. The van der Waals surface area contributed by atoms with E-state index in [-0.39, 0.29) is 24.6 Å². The van der Waals surface area contributed by atoms with E-state index in [1.165, 1.54) is 0 Å². The number of aliphatic imine (C=N–C) groups is 1. The molecule has 1 saturated carbocycles. The molecule has 134 valence electrons. The van der Waals surface area contributed by atoms with E-state index in [1.54, 1.807) is 18.2 Å². The topological polar surface area (TPSA) is 56.7 Å². The first kappa shape index (κ1) is 18.4. The highest BCUT2D eigenvalue weighted by atomic mass is 19.4. The van der Waals surface area contributed by atoms with Gasteiger partial charge in [0.1, 0.15) is 5.75 Å². The van der Waals surface area contributed by atoms with Crippen LogP contribution in [0.2, 0.25) is 0 Å². The summed E-state index contributed by atoms with van der Waals surface area (Å²) < 4.78 is 38.7. The van der Waals surface area contributed by atoms with Crippen LogP contribution in [-0.2, 0) is 6.54 Å². The second-order valence-electron chi connectivity index (χ2n) is 6.11. The molecule has 0 aromatic heterocycles. The van der Waals surface area contributed by atoms with Gasteiger partial charge in [-0.15, -0.1) is 0 Å². The van der Waals surface area contributed by atoms with E-state index in [1.807, 2.05) is 13.0 Å². The quantitative estimate of drug-likeness (QED) is 0.579. The van der Waals surface area contributed by atoms with Gasteiger partial charge in [0.2, 0.25) is 0 Å². The van der Waals surface area contributed by atoms with Crippen molar-refractivity contribution in [2.75, 3.05) is 6.54 Å². The van der Waals surface area contributed by atoms with Gasteiger partial charge in [0, 0.05) is 12.6 Å². The third kappa shape index (κ3) is 5.62. The largest absolute Gasteiger partial charge is 0.508 e. The summed E-state index contributed by atoms with van der Waals surface area (Å²) in [5, 5.41) is 15.6. The standard InChI is InChI=1S/C17H24F3N3O/c1-2-21-16(22-11-12-5-3-8-15(24)9-12)23-14-7-4-6-13(10-14)17(18,19)20/h3,5,8-9,13-14,24H,2,4,6-7,10-11H2,1H3,(H2,21,22,23). The summed E-state index contributed by atoms with van der Waals surface area (Å²) in [4.78, 5) is 4.41. The number of guanidine groups is 1. The van der Waals surface area contributed by atoms with Crippen LogP contribution >= 0.6 is 0 Å². The summed E-state index contributed by atoms with van der Waals surface area (Å²) in [6.45, 7) is 2.88. The van der Waals surface area contributed by atoms with Crippen molar-refractivity contribution in [3.8, 4) is 5.75 Å². The van der Waals surface area contributed by atoms with E-state index in [9.17, 15) is 18.3 Å². The Bertz CT molecular complexity index is 560. The third-order valence-electron chi connectivity index (χ3n) is 4.15. The maximum absolute atomic E-state index is 12.9. The average Bonchev–Trinajstić information content (AvgIpc) is 2.52. The average molecular weight is 343 g/mol. The van der Waals surface area contributed by atoms with Gasteiger partial charge in [-0.25, -0.2) is 4.99 Å². The Labute approximate surface area is 140 Å². The highest BCUT2D eigenvalue weighted by Crippen LogP contribution is 2.37. The van der Waals surface area contributed by atoms with E-state index in [0.29, 0.717) is 31.9 Å². The van der Waals surface area contributed by atoms with Crippen molar-refractivity contribution < 1.29 is 18.3 Å². The van der Waals surface area contributed by atoms with E-state index in [2.05, 4.69) is 15.6 Å². The summed E-state index contributed by atoms with van der Waals surface area (Å²) in [7, 11) is 0. The second kappa shape index (κ2) is 8.26. The Balaban J connectivity index is 1.98. The van der Waals surface area contributed by atoms with E-state index in [4.69, 9.17) is 0 Å². The molecule has 0 heterocycles. The summed E-state index contributed by atoms with van der Waals surface area (Å²) >= 11 is 0. The van der Waals surface area contributed by atoms with E-state index >= 15 is 0 Å². The molecule has 0 radical (unpaired) electrons. The molecule has 24 heavy (non-hydrogen) atoms. The molecule has 1 aromatic carbocycles. The first-order chi connectivity index (χ1) is 11.4. The van der Waals surface area contributed by atoms with Crippen molar-refractivity contribution in [3.05, 3.63) is 29.8 Å². The molecule has 2 unspecified atom stereocenters. The van der Waals surface area contributed by atoms with Gasteiger partial charge < -0.3 is 15.7 Å². The zero-order chi connectivity index (χ0) is 17.6. The zero-order valence-electron chi connectivity index (χ0n) is 13.7. The molecule has 1 aliphatic carbocycles. The molecule has 0 spiro atoms. The molecule has 0 amide bonds. The number of phenolic OH excluding ortho intramolecular Hbond substituents is 1. The van der Waals surface area contributed by atoms with Crippen molar-refractivity contribution in [2.45, 2.75) is 51.4 Å². The van der Waals surface area contributed by atoms with Gasteiger partial charge in [0.15, 0.2) is 5.96 Å². The van der Waals surface area contributed by atoms with E-state index < -0.39 is 12.1 Å². The summed E-state index contributed by atoms with van der Waals surface area (Å²) in [5.74, 6) is -0.563. The maximum Gasteiger partial charge on any atom is 0.391 e. The number of aromatic hydroxyl groups is 1. The number of phenols is 1. The van der Waals surface area contributed by atoms with Crippen molar-refractivity contribution in [1.82, 2.24) is 10.6 Å². The van der Waals surface area contributed by atoms with Crippen LogP contribution < -0.4 is 10.6 Å². The molecule has 0 bridgehead atoms. The molecular weight excluding hydrogens is 319 g/mol. The van der Waals surface area contributed by atoms with Gasteiger partial charge in [0.25, 0.3) is 0 Å². The lowest BCUT2D eigenvalue weighted by Crippen LogP contribution is -2.46. The molecule has 7 heteroatoms. The van der Waals surface area contributed by atoms with Gasteiger partial charge in [-0.2, -0.15) is 13.2 Å². The summed E-state index contributed by atoms with van der Waals surface area (Å²) in [6, 6.07) is 6.54. The van der Waals surface area contributed by atoms with Crippen LogP contribution in [0.4, 0.5) is 13.2 Å². The van der Waals surface area contributed by atoms with Crippen molar-refractivity contribution in [3.63, 3.8) is 0 Å². The van der Waals surface area contributed by atoms with Crippen molar-refractivity contribution in [2.24, 2.45) is 10.9 Å². The predicted molar refractivity (Wildman–Crippen MR) is 87.9 cm³/mol. The molecule has 0 saturated heterocycles. The fourth-order valence-electron chi connectivity index (χ4n) is 2.96. The number of rotatable bonds is 4. The number of alkyl halides is 3. The van der Waals surface area contributed by atoms with Crippen LogP contribution in [0, 0.1) is 5.92 Å². The molecule has 1 aliphatic rings. The third-order valence-corrected chi connectivity index (χ3v) is 4.15. The Morgan fingerprint density at radius 3 is 2.79 bits per heavy atom. The minimum absolute atomic E-state index is 0.0834. The Hall–Kier alpha value is -1.92. The number of nitrogens with zero attached hydrogens (tertiary/aromatic N) is 1. The first-order valence-corrected chi connectivity index (χ1v) is 8.28. The number of hydrogen-bond donors (Lipinski definition) is 3. The fraction of sp³-hybridized carbons (Fsp3) is 0.588. The van der Waals surface area contributed by atoms with Crippen LogP contribution in [0.1, 0.15) is 38.2 Å². The van der Waals surface area contributed by atoms with Crippen molar-refractivity contribution in [1.29, 1.82) is 0 Å². The van der Waals surface area contributed by atoms with Gasteiger partial charge in [-0.05, 0) is 43.9 Å². The molecule has 1 aromatic rings. The number of hydrogen-bond acceptors (Lipinski definition) is 2. The summed E-state index contributed by atoms with van der Waals surface area (Å²) in [6.07, 6.45) is -2.56. The first-order valence-electron chi connectivity index (χ1n) is 8.28. The molecule has 3 N–H and O–H groups in total. The number of nitrogens with one attached hydrogen (secondary N) is 2. The Morgan fingerprint density at radius 2 is 2.12 bits per heavy atom. The smallest absolute Gasteiger partial charge is 0.391 e. The van der Waals surface area contributed by atoms with Crippen LogP contribution in [0.3, 0.4) is 0 Å². The molecule has 2 atom stereocenters. The molecule has 1 fully saturated rings. The lowest BCUT2D eigenvalue weighted by Gasteiger charge is -2.31. The second-order valence-corrected chi connectivity index (χ2v) is 6.11. The van der Waals surface area contributed by atoms with Gasteiger partial charge >= 0.3 is 6.18 Å². The van der Waals surface area contributed by atoms with Crippen LogP contribution in [0.5, 0.6) is 5.75 Å². The highest BCUT2D eigenvalue weighted by Gasteiger charge is 2.42.